The molecule has 0 radical (unpaired) electrons. The Bertz CT molecular complexity index is 1710. The Balaban J connectivity index is 0.00000729. The number of hydrogen-bond acceptors (Lipinski definition) is 7. The van der Waals surface area contributed by atoms with Crippen molar-refractivity contribution in [3.63, 3.8) is 0 Å². The van der Waals surface area contributed by atoms with Crippen molar-refractivity contribution >= 4 is 58.1 Å². The number of unbranched alkanes of at least 4 members (excludes halogenated alkanes) is 3. The number of thioether (sulfide) groups is 1. The van der Waals surface area contributed by atoms with Crippen molar-refractivity contribution in [1.82, 2.24) is 16.0 Å². The lowest BCUT2D eigenvalue weighted by molar-refractivity contribution is -0.671. The lowest BCUT2D eigenvalue weighted by Gasteiger charge is -2.23. The van der Waals surface area contributed by atoms with E-state index in [0.29, 0.717) is 51.6 Å². The van der Waals surface area contributed by atoms with E-state index in [1.54, 1.807) is 32.5 Å². The van der Waals surface area contributed by atoms with Crippen LogP contribution >= 0.6 is 11.8 Å². The van der Waals surface area contributed by atoms with E-state index in [4.69, 9.17) is 4.74 Å². The SMILES string of the molecule is CC(=O)NCCCCC(NC(=O)OC(C)(C)C)C(=O)NCCCC(=O)CCCCC[n+]1ccc(C=C2Sc3ccccc3N2C)c2ccccc21.[I-]. The molecule has 0 saturated carbocycles. The second kappa shape index (κ2) is 21.2. The molecule has 2 aromatic carbocycles. The number of ether oxygens (including phenoxy) is 1. The molecule has 0 fully saturated rings. The number of pyridine rings is 1. The smallest absolute Gasteiger partial charge is 0.408 e. The van der Waals surface area contributed by atoms with Crippen LogP contribution in [-0.2, 0) is 25.7 Å². The van der Waals surface area contributed by atoms with Crippen LogP contribution in [0, 0.1) is 0 Å². The fourth-order valence-corrected chi connectivity index (χ4v) is 7.09. The number of amides is 3. The fraction of sp³-hybridized carbons (Fsp3) is 0.475. The van der Waals surface area contributed by atoms with Crippen molar-refractivity contribution in [3.8, 4) is 0 Å². The summed E-state index contributed by atoms with van der Waals surface area (Å²) in [7, 11) is 2.12. The minimum Gasteiger partial charge on any atom is -1.00 e. The summed E-state index contributed by atoms with van der Waals surface area (Å²) < 4.78 is 7.64. The van der Waals surface area contributed by atoms with Gasteiger partial charge >= 0.3 is 6.09 Å². The van der Waals surface area contributed by atoms with E-state index in [1.165, 1.54) is 39.0 Å². The van der Waals surface area contributed by atoms with Crippen molar-refractivity contribution in [2.24, 2.45) is 0 Å². The Labute approximate surface area is 329 Å². The van der Waals surface area contributed by atoms with E-state index < -0.39 is 17.7 Å². The predicted octanol–water partition coefficient (Wildman–Crippen LogP) is 3.90. The van der Waals surface area contributed by atoms with Crippen molar-refractivity contribution < 1.29 is 52.5 Å². The third-order valence-electron chi connectivity index (χ3n) is 8.60. The Morgan fingerprint density at radius 1 is 0.885 bits per heavy atom. The topological polar surface area (TPSA) is 121 Å². The number of benzene rings is 2. The van der Waals surface area contributed by atoms with E-state index in [-0.39, 0.29) is 41.6 Å². The number of Topliss-reactive ketones (excluding diaryl/α,β-unsaturated/α-hetero) is 1. The number of ketones is 1. The number of alkyl carbamates (subject to hydrolysis) is 1. The molecule has 3 aromatic rings. The minimum absolute atomic E-state index is 0. The van der Waals surface area contributed by atoms with E-state index in [2.05, 4.69) is 99.3 Å². The Morgan fingerprint density at radius 2 is 1.60 bits per heavy atom. The first-order chi connectivity index (χ1) is 24.4. The van der Waals surface area contributed by atoms with Crippen LogP contribution in [0.4, 0.5) is 10.5 Å². The highest BCUT2D eigenvalue weighted by molar-refractivity contribution is 8.03. The summed E-state index contributed by atoms with van der Waals surface area (Å²) in [6.07, 6.45) is 9.73. The van der Waals surface area contributed by atoms with Gasteiger partial charge in [-0.1, -0.05) is 36.0 Å². The molecule has 3 amide bonds. The average Bonchev–Trinajstić information content (AvgIpc) is 3.40. The van der Waals surface area contributed by atoms with Crippen LogP contribution in [0.1, 0.15) is 91.0 Å². The molecule has 0 spiro atoms. The van der Waals surface area contributed by atoms with Gasteiger partial charge in [-0.05, 0) is 89.1 Å². The minimum atomic E-state index is -0.762. The summed E-state index contributed by atoms with van der Waals surface area (Å²) in [5, 5.41) is 10.7. The largest absolute Gasteiger partial charge is 1.00 e. The Morgan fingerprint density at radius 3 is 2.35 bits per heavy atom. The highest BCUT2D eigenvalue weighted by atomic mass is 127. The summed E-state index contributed by atoms with van der Waals surface area (Å²) in [6.45, 7) is 8.48. The summed E-state index contributed by atoms with van der Waals surface area (Å²) in [5.41, 5.74) is 2.94. The molecule has 0 saturated heterocycles. The number of anilines is 1. The number of carbonyl (C=O) groups excluding carboxylic acids is 4. The van der Waals surface area contributed by atoms with Gasteiger partial charge in [-0.3, -0.25) is 14.4 Å². The highest BCUT2D eigenvalue weighted by Gasteiger charge is 2.25. The fourth-order valence-electron chi connectivity index (χ4n) is 5.99. The molecule has 10 nitrogen and oxygen atoms in total. The lowest BCUT2D eigenvalue weighted by atomic mass is 10.1. The lowest BCUT2D eigenvalue weighted by Crippen LogP contribution is -3.00. The molecule has 1 aromatic heterocycles. The molecule has 1 unspecified atom stereocenters. The molecule has 1 aliphatic heterocycles. The van der Waals surface area contributed by atoms with Crippen LogP contribution in [0.3, 0.4) is 0 Å². The van der Waals surface area contributed by atoms with Crippen LogP contribution in [-0.4, -0.2) is 55.5 Å². The van der Waals surface area contributed by atoms with Gasteiger partial charge in [0.15, 0.2) is 6.20 Å². The number of fused-ring (bicyclic) bond motifs is 2. The molecule has 12 heteroatoms. The summed E-state index contributed by atoms with van der Waals surface area (Å²) in [4.78, 5) is 52.5. The quantitative estimate of drug-likeness (QED) is 0.101. The molecule has 3 N–H and O–H groups in total. The number of rotatable bonds is 18. The maximum atomic E-state index is 12.9. The zero-order valence-electron chi connectivity index (χ0n) is 31.1. The van der Waals surface area contributed by atoms with Gasteiger partial charge in [0, 0.05) is 63.4 Å². The molecule has 1 aliphatic rings. The highest BCUT2D eigenvalue weighted by Crippen LogP contribution is 2.45. The average molecular weight is 844 g/mol. The summed E-state index contributed by atoms with van der Waals surface area (Å²) >= 11 is 1.80. The number of halogens is 1. The standard InChI is InChI=1S/C40H53N5O5S.HI/c1-29(46)41-24-13-12-19-33(43-39(49)50-40(2,3)4)38(48)42-25-15-17-31(47)16-7-6-14-26-45-27-23-30(32-18-8-9-20-34(32)45)28-37-44(5)35-21-10-11-22-36(35)51-37;/h8-11,18,20-23,27-28,33H,6-7,12-17,19,24-26H2,1-5H3,(H2-,41,42,43,46,48,49);1H. The van der Waals surface area contributed by atoms with Crippen LogP contribution in [0.2, 0.25) is 0 Å². The molecular formula is C40H54IN5O5S. The first-order valence-electron chi connectivity index (χ1n) is 18.1. The third kappa shape index (κ3) is 13.7. The van der Waals surface area contributed by atoms with Crippen molar-refractivity contribution in [1.29, 1.82) is 0 Å². The first-order valence-corrected chi connectivity index (χ1v) is 18.9. The summed E-state index contributed by atoms with van der Waals surface area (Å²) in [5.74, 6) is -0.219. The van der Waals surface area contributed by atoms with Gasteiger partial charge in [0.1, 0.15) is 24.0 Å². The number of aromatic nitrogens is 1. The molecule has 0 bridgehead atoms. The number of aryl methyl sites for hydroxylation is 1. The van der Waals surface area contributed by atoms with E-state index in [1.807, 2.05) is 0 Å². The normalized spacial score (nSPS) is 13.6. The molecule has 282 valence electrons. The van der Waals surface area contributed by atoms with Crippen LogP contribution in [0.25, 0.3) is 17.0 Å². The van der Waals surface area contributed by atoms with Gasteiger partial charge in [-0.15, -0.1) is 0 Å². The zero-order valence-corrected chi connectivity index (χ0v) is 34.1. The van der Waals surface area contributed by atoms with Crippen LogP contribution in [0.5, 0.6) is 0 Å². The van der Waals surface area contributed by atoms with Crippen molar-refractivity contribution in [2.45, 2.75) is 109 Å². The molecule has 52 heavy (non-hydrogen) atoms. The van der Waals surface area contributed by atoms with E-state index >= 15 is 0 Å². The molecular weight excluding hydrogens is 789 g/mol. The maximum absolute atomic E-state index is 12.9. The van der Waals surface area contributed by atoms with Gasteiger partial charge in [-0.2, -0.15) is 4.57 Å². The second-order valence-electron chi connectivity index (χ2n) is 14.0. The monoisotopic (exact) mass is 843 g/mol. The van der Waals surface area contributed by atoms with Gasteiger partial charge in [0.2, 0.25) is 17.3 Å². The predicted molar refractivity (Wildman–Crippen MR) is 204 cm³/mol. The number of nitrogens with zero attached hydrogens (tertiary/aromatic N) is 2. The van der Waals surface area contributed by atoms with Gasteiger partial charge in [0.05, 0.1) is 16.1 Å². The number of hydrogen-bond donors (Lipinski definition) is 3. The number of nitrogens with one attached hydrogen (secondary N) is 3. The number of para-hydroxylation sites is 2. The molecule has 2 heterocycles. The van der Waals surface area contributed by atoms with Crippen molar-refractivity contribution in [3.05, 3.63) is 71.4 Å². The number of carbonyl (C=O) groups is 4. The van der Waals surface area contributed by atoms with Gasteiger partial charge in [0.25, 0.3) is 0 Å². The molecule has 4 rings (SSSR count). The van der Waals surface area contributed by atoms with E-state index in [9.17, 15) is 19.2 Å². The van der Waals surface area contributed by atoms with Crippen LogP contribution < -0.4 is 49.4 Å². The summed E-state index contributed by atoms with van der Waals surface area (Å²) in [6, 6.07) is 18.4. The third-order valence-corrected chi connectivity index (χ3v) is 9.76. The Kier molecular flexibility index (Phi) is 17.4. The first kappa shape index (κ1) is 42.8. The second-order valence-corrected chi connectivity index (χ2v) is 15.1. The molecule has 0 aliphatic carbocycles. The van der Waals surface area contributed by atoms with E-state index in [0.717, 1.165) is 25.8 Å². The van der Waals surface area contributed by atoms with Crippen molar-refractivity contribution in [2.75, 3.05) is 25.0 Å². The van der Waals surface area contributed by atoms with Crippen LogP contribution in [0.15, 0.2) is 70.7 Å². The van der Waals surface area contributed by atoms with Gasteiger partial charge in [-0.25, -0.2) is 4.79 Å². The maximum Gasteiger partial charge on any atom is 0.408 e. The zero-order chi connectivity index (χ0) is 36.8. The van der Waals surface area contributed by atoms with Gasteiger partial charge < -0.3 is 49.6 Å². The Hall–Kier alpha value is -3.65. The molecule has 1 atom stereocenters.